The lowest BCUT2D eigenvalue weighted by molar-refractivity contribution is 0.0971. The van der Waals surface area contributed by atoms with Gasteiger partial charge in [0.25, 0.3) is 0 Å². The average Bonchev–Trinajstić information content (AvgIpc) is 3.44. The van der Waals surface area contributed by atoms with Crippen LogP contribution in [-0.2, 0) is 9.84 Å². The second-order valence-electron chi connectivity index (χ2n) is 6.65. The molecule has 142 valence electrons. The highest BCUT2D eigenvalue weighted by Crippen LogP contribution is 2.56. The average molecular weight is 386 g/mol. The van der Waals surface area contributed by atoms with Crippen molar-refractivity contribution in [3.63, 3.8) is 0 Å². The van der Waals surface area contributed by atoms with Crippen molar-refractivity contribution in [3.05, 3.63) is 66.2 Å². The molecule has 1 saturated carbocycles. The van der Waals surface area contributed by atoms with Crippen LogP contribution in [0.3, 0.4) is 0 Å². The van der Waals surface area contributed by atoms with E-state index in [0.717, 1.165) is 5.56 Å². The Kier molecular flexibility index (Phi) is 4.86. The Bertz CT molecular complexity index is 992. The summed E-state index contributed by atoms with van der Waals surface area (Å²) in [5.41, 5.74) is 1.14. The SMILES string of the molecule is C=CC1CC1(C(=O)c1cc(OC)ccc1OC)S(=O)(=O)c1ccc(C)cc1. The molecule has 0 aliphatic heterocycles. The molecule has 0 aromatic heterocycles. The fourth-order valence-electron chi connectivity index (χ4n) is 3.38. The first-order chi connectivity index (χ1) is 12.8. The third kappa shape index (κ3) is 2.94. The molecule has 0 amide bonds. The maximum Gasteiger partial charge on any atom is 0.192 e. The molecule has 5 nitrogen and oxygen atoms in total. The third-order valence-electron chi connectivity index (χ3n) is 5.09. The zero-order chi connectivity index (χ0) is 19.8. The molecule has 2 unspecified atom stereocenters. The molecule has 3 rings (SSSR count). The van der Waals surface area contributed by atoms with E-state index in [4.69, 9.17) is 9.47 Å². The van der Waals surface area contributed by atoms with Gasteiger partial charge in [0, 0.05) is 5.92 Å². The number of carbonyl (C=O) groups excluding carboxylic acids is 1. The van der Waals surface area contributed by atoms with Gasteiger partial charge in [-0.3, -0.25) is 4.79 Å². The minimum Gasteiger partial charge on any atom is -0.497 e. The van der Waals surface area contributed by atoms with Crippen LogP contribution in [0.5, 0.6) is 11.5 Å². The Morgan fingerprint density at radius 2 is 1.81 bits per heavy atom. The second kappa shape index (κ2) is 6.85. The van der Waals surface area contributed by atoms with Crippen molar-refractivity contribution >= 4 is 15.6 Å². The normalized spacial score (nSPS) is 21.4. The van der Waals surface area contributed by atoms with Crippen LogP contribution in [0.2, 0.25) is 0 Å². The van der Waals surface area contributed by atoms with Crippen LogP contribution in [0, 0.1) is 12.8 Å². The summed E-state index contributed by atoms with van der Waals surface area (Å²) in [5, 5.41) is 0. The number of hydrogen-bond acceptors (Lipinski definition) is 5. The van der Waals surface area contributed by atoms with E-state index in [-0.39, 0.29) is 16.9 Å². The summed E-state index contributed by atoms with van der Waals surface area (Å²) in [4.78, 5) is 13.6. The molecule has 2 atom stereocenters. The number of ketones is 1. The summed E-state index contributed by atoms with van der Waals surface area (Å²) < 4.78 is 35.8. The van der Waals surface area contributed by atoms with Crippen LogP contribution >= 0.6 is 0 Å². The van der Waals surface area contributed by atoms with Crippen molar-refractivity contribution in [2.45, 2.75) is 23.0 Å². The largest absolute Gasteiger partial charge is 0.497 e. The van der Waals surface area contributed by atoms with Gasteiger partial charge in [-0.1, -0.05) is 23.8 Å². The Hall–Kier alpha value is -2.60. The lowest BCUT2D eigenvalue weighted by Gasteiger charge is -2.19. The van der Waals surface area contributed by atoms with Crippen molar-refractivity contribution in [2.24, 2.45) is 5.92 Å². The molecule has 0 N–H and O–H groups in total. The molecule has 0 heterocycles. The number of aryl methyl sites for hydroxylation is 1. The Morgan fingerprint density at radius 1 is 1.15 bits per heavy atom. The fraction of sp³-hybridized carbons (Fsp3) is 0.286. The van der Waals surface area contributed by atoms with Gasteiger partial charge < -0.3 is 9.47 Å². The molecule has 27 heavy (non-hydrogen) atoms. The van der Waals surface area contributed by atoms with Crippen LogP contribution in [0.1, 0.15) is 22.3 Å². The molecule has 1 aliphatic carbocycles. The molecule has 1 aliphatic rings. The van der Waals surface area contributed by atoms with Crippen LogP contribution in [0.15, 0.2) is 60.0 Å². The number of Topliss-reactive ketones (excluding diaryl/α,β-unsaturated/α-hetero) is 1. The summed E-state index contributed by atoms with van der Waals surface area (Å²) in [6, 6.07) is 11.3. The van der Waals surface area contributed by atoms with E-state index in [1.54, 1.807) is 36.4 Å². The number of carbonyl (C=O) groups is 1. The van der Waals surface area contributed by atoms with Gasteiger partial charge in [-0.15, -0.1) is 6.58 Å². The highest BCUT2D eigenvalue weighted by atomic mass is 32.2. The second-order valence-corrected chi connectivity index (χ2v) is 8.85. The van der Waals surface area contributed by atoms with Gasteiger partial charge in [-0.25, -0.2) is 8.42 Å². The summed E-state index contributed by atoms with van der Waals surface area (Å²) in [5.74, 6) is -0.178. The highest BCUT2D eigenvalue weighted by molar-refractivity contribution is 7.94. The monoisotopic (exact) mass is 386 g/mol. The smallest absolute Gasteiger partial charge is 0.192 e. The minimum atomic E-state index is -3.91. The van der Waals surface area contributed by atoms with E-state index in [1.165, 1.54) is 26.4 Å². The number of allylic oxidation sites excluding steroid dienone is 1. The van der Waals surface area contributed by atoms with Crippen LogP contribution in [-0.4, -0.2) is 33.2 Å². The van der Waals surface area contributed by atoms with Gasteiger partial charge in [-0.2, -0.15) is 0 Å². The van der Waals surface area contributed by atoms with E-state index >= 15 is 0 Å². The number of methoxy groups -OCH3 is 2. The van der Waals surface area contributed by atoms with Gasteiger partial charge in [0.15, 0.2) is 15.6 Å². The summed E-state index contributed by atoms with van der Waals surface area (Å²) in [6.45, 7) is 5.60. The molecule has 0 saturated heterocycles. The Morgan fingerprint density at radius 3 is 2.33 bits per heavy atom. The van der Waals surface area contributed by atoms with Crippen LogP contribution in [0.4, 0.5) is 0 Å². The molecular weight excluding hydrogens is 364 g/mol. The maximum atomic E-state index is 13.5. The lowest BCUT2D eigenvalue weighted by Crippen LogP contribution is -2.35. The van der Waals surface area contributed by atoms with Gasteiger partial charge in [-0.05, 0) is 43.7 Å². The first kappa shape index (κ1) is 19.2. The van der Waals surface area contributed by atoms with Crippen molar-refractivity contribution in [2.75, 3.05) is 14.2 Å². The highest BCUT2D eigenvalue weighted by Gasteiger charge is 2.68. The van der Waals surface area contributed by atoms with Crippen molar-refractivity contribution < 1.29 is 22.7 Å². The van der Waals surface area contributed by atoms with E-state index in [1.807, 2.05) is 6.92 Å². The van der Waals surface area contributed by atoms with Crippen molar-refractivity contribution in [1.29, 1.82) is 0 Å². The number of hydrogen-bond donors (Lipinski definition) is 0. The van der Waals surface area contributed by atoms with Crippen LogP contribution in [0.25, 0.3) is 0 Å². The number of rotatable bonds is 7. The van der Waals surface area contributed by atoms with E-state index in [0.29, 0.717) is 11.5 Å². The van der Waals surface area contributed by atoms with Crippen LogP contribution < -0.4 is 9.47 Å². The van der Waals surface area contributed by atoms with Gasteiger partial charge in [0.2, 0.25) is 0 Å². The summed E-state index contributed by atoms with van der Waals surface area (Å²) in [6.07, 6.45) is 1.74. The zero-order valence-electron chi connectivity index (χ0n) is 15.6. The maximum absolute atomic E-state index is 13.5. The third-order valence-corrected chi connectivity index (χ3v) is 7.60. The molecule has 1 fully saturated rings. The van der Waals surface area contributed by atoms with E-state index in [9.17, 15) is 13.2 Å². The Labute approximate surface area is 159 Å². The number of benzene rings is 2. The number of ether oxygens (including phenoxy) is 2. The number of sulfone groups is 1. The molecule has 6 heteroatoms. The first-order valence-electron chi connectivity index (χ1n) is 8.52. The molecule has 0 radical (unpaired) electrons. The first-order valence-corrected chi connectivity index (χ1v) is 10.0. The molecule has 0 spiro atoms. The van der Waals surface area contributed by atoms with Gasteiger partial charge in [0.1, 0.15) is 16.2 Å². The summed E-state index contributed by atoms with van der Waals surface area (Å²) >= 11 is 0. The van der Waals surface area contributed by atoms with E-state index in [2.05, 4.69) is 6.58 Å². The standard InChI is InChI=1S/C21H22O5S/c1-5-15-13-21(15,27(23,24)17-9-6-14(2)7-10-17)20(22)18-12-16(25-3)8-11-19(18)26-4/h5-12,15H,1,13H2,2-4H3. The topological polar surface area (TPSA) is 69.7 Å². The zero-order valence-corrected chi connectivity index (χ0v) is 16.4. The van der Waals surface area contributed by atoms with E-state index < -0.39 is 26.3 Å². The van der Waals surface area contributed by atoms with Gasteiger partial charge in [0.05, 0.1) is 24.7 Å². The predicted molar refractivity (Wildman–Crippen MR) is 103 cm³/mol. The van der Waals surface area contributed by atoms with Crippen molar-refractivity contribution in [1.82, 2.24) is 0 Å². The molecular formula is C21H22O5S. The minimum absolute atomic E-state index is 0.132. The predicted octanol–water partition coefficient (Wildman–Crippen LogP) is 3.61. The molecule has 2 aromatic carbocycles. The van der Waals surface area contributed by atoms with Crippen molar-refractivity contribution in [3.8, 4) is 11.5 Å². The fourth-order valence-corrected chi connectivity index (χ4v) is 5.54. The quantitative estimate of drug-likeness (QED) is 0.537. The Balaban J connectivity index is 2.15. The molecule has 2 aromatic rings. The summed E-state index contributed by atoms with van der Waals surface area (Å²) in [7, 11) is -0.988. The van der Waals surface area contributed by atoms with Gasteiger partial charge >= 0.3 is 0 Å². The molecule has 0 bridgehead atoms. The lowest BCUT2D eigenvalue weighted by atomic mass is 10.0.